The van der Waals surface area contributed by atoms with Crippen LogP contribution in [0.2, 0.25) is 0 Å². The molecule has 6 atom stereocenters. The number of likely N-dealkylation sites (N-methyl/N-ethyl adjacent to an activating group) is 1. The molecule has 4 rings (SSSR count). The van der Waals surface area contributed by atoms with Gasteiger partial charge in [0.25, 0.3) is 0 Å². The van der Waals surface area contributed by atoms with Crippen molar-refractivity contribution in [3.05, 3.63) is 28.3 Å². The fourth-order valence-electron chi connectivity index (χ4n) is 6.33. The minimum Gasteiger partial charge on any atom is -0.507 e. The van der Waals surface area contributed by atoms with E-state index in [9.17, 15) is 39.0 Å². The summed E-state index contributed by atoms with van der Waals surface area (Å²) in [4.78, 5) is 78.7. The van der Waals surface area contributed by atoms with Crippen molar-refractivity contribution >= 4 is 34.8 Å². The van der Waals surface area contributed by atoms with Crippen LogP contribution in [0.3, 0.4) is 0 Å². The Bertz CT molecular complexity index is 1220. The summed E-state index contributed by atoms with van der Waals surface area (Å²) in [5.41, 5.74) is 3.91. The summed E-state index contributed by atoms with van der Waals surface area (Å²) < 4.78 is 0. The summed E-state index contributed by atoms with van der Waals surface area (Å²) in [6.07, 6.45) is 0.0948. The van der Waals surface area contributed by atoms with E-state index < -0.39 is 70.1 Å². The molecule has 35 heavy (non-hydrogen) atoms. The van der Waals surface area contributed by atoms with Crippen LogP contribution in [0.1, 0.15) is 40.4 Å². The number of aliphatic hydroxyl groups is 1. The van der Waals surface area contributed by atoms with E-state index in [2.05, 4.69) is 0 Å². The zero-order chi connectivity index (χ0) is 26.1. The highest BCUT2D eigenvalue weighted by molar-refractivity contribution is 6.32. The summed E-state index contributed by atoms with van der Waals surface area (Å²) >= 11 is 0. The molecule has 0 aromatic heterocycles. The molecule has 4 N–H and O–H groups in total. The van der Waals surface area contributed by atoms with Gasteiger partial charge in [0.1, 0.15) is 11.5 Å². The normalized spacial score (nSPS) is 32.2. The van der Waals surface area contributed by atoms with Gasteiger partial charge in [-0.1, -0.05) is 6.07 Å². The Morgan fingerprint density at radius 1 is 1.17 bits per heavy atom. The van der Waals surface area contributed by atoms with Crippen molar-refractivity contribution in [1.82, 2.24) is 4.90 Å². The second-order valence-corrected chi connectivity index (χ2v) is 10.2. The van der Waals surface area contributed by atoms with Crippen LogP contribution in [0, 0.1) is 30.6 Å². The Morgan fingerprint density at radius 3 is 2.34 bits per heavy atom. The number of aromatic hydroxyl groups is 1. The molecule has 0 radical (unpaired) electrons. The second-order valence-electron chi connectivity index (χ2n) is 10.2. The second kappa shape index (κ2) is 8.17. The predicted molar refractivity (Wildman–Crippen MR) is 120 cm³/mol. The standard InChI is InChI=1S/C25H28N2O8/c1-9-5-12(6-10(2)28)19(29)16-13(9)7-11-8-14-18(27(3)4)21(31)17(24(26)34)23(33)25(14,35)22(32)15(11)20(16)30/h5,11,14-15,17-18,29,35H,6-8H2,1-4H3,(H2,26,34). The highest BCUT2D eigenvalue weighted by atomic mass is 16.3. The van der Waals surface area contributed by atoms with Gasteiger partial charge in [-0.2, -0.15) is 0 Å². The first-order valence-corrected chi connectivity index (χ1v) is 11.4. The Hall–Kier alpha value is -3.24. The van der Waals surface area contributed by atoms with E-state index in [-0.39, 0.29) is 36.2 Å². The third kappa shape index (κ3) is 3.38. The lowest BCUT2D eigenvalue weighted by Gasteiger charge is -2.52. The van der Waals surface area contributed by atoms with Crippen LogP contribution in [0.15, 0.2) is 6.07 Å². The van der Waals surface area contributed by atoms with Crippen molar-refractivity contribution in [3.8, 4) is 5.75 Å². The largest absolute Gasteiger partial charge is 0.507 e. The third-order valence-electron chi connectivity index (χ3n) is 7.80. The molecule has 0 bridgehead atoms. The number of nitrogens with zero attached hydrogens (tertiary/aromatic N) is 1. The van der Waals surface area contributed by atoms with E-state index in [1.54, 1.807) is 13.0 Å². The molecule has 0 saturated heterocycles. The molecule has 1 aromatic rings. The predicted octanol–water partition coefficient (Wildman–Crippen LogP) is -0.693. The fourth-order valence-corrected chi connectivity index (χ4v) is 6.33. The highest BCUT2D eigenvalue weighted by Crippen LogP contribution is 2.51. The number of carbonyl (C=O) groups is 6. The Labute approximate surface area is 201 Å². The lowest BCUT2D eigenvalue weighted by atomic mass is 9.52. The number of carbonyl (C=O) groups excluding carboxylic acids is 6. The number of nitrogens with two attached hydrogens (primary N) is 1. The van der Waals surface area contributed by atoms with Gasteiger partial charge in [0.15, 0.2) is 34.7 Å². The number of rotatable bonds is 4. The SMILES string of the molecule is CC(=O)Cc1cc(C)c2c(c1O)C(=O)C1C(=O)C3(O)C(=O)C(C(N)=O)C(=O)C(N(C)C)C3CC1C2. The molecule has 10 heteroatoms. The van der Waals surface area contributed by atoms with Crippen molar-refractivity contribution in [1.29, 1.82) is 0 Å². The zero-order valence-electron chi connectivity index (χ0n) is 20.0. The quantitative estimate of drug-likeness (QED) is 0.468. The molecular weight excluding hydrogens is 456 g/mol. The van der Waals surface area contributed by atoms with E-state index in [0.717, 1.165) is 0 Å². The Balaban J connectivity index is 1.87. The summed E-state index contributed by atoms with van der Waals surface area (Å²) in [5.74, 6) is -11.0. The van der Waals surface area contributed by atoms with Gasteiger partial charge in [0, 0.05) is 17.9 Å². The van der Waals surface area contributed by atoms with Crippen LogP contribution in [-0.4, -0.2) is 75.7 Å². The average Bonchev–Trinajstić information content (AvgIpc) is 2.73. The topological polar surface area (TPSA) is 172 Å². The molecule has 1 amide bonds. The van der Waals surface area contributed by atoms with E-state index in [0.29, 0.717) is 11.1 Å². The molecular formula is C25H28N2O8. The number of hydrogen-bond donors (Lipinski definition) is 3. The Morgan fingerprint density at radius 2 is 1.80 bits per heavy atom. The maximum absolute atomic E-state index is 13.7. The van der Waals surface area contributed by atoms with Gasteiger partial charge in [0.2, 0.25) is 5.91 Å². The molecule has 186 valence electrons. The molecule has 2 fully saturated rings. The molecule has 0 heterocycles. The summed E-state index contributed by atoms with van der Waals surface area (Å²) in [6, 6.07) is 0.502. The van der Waals surface area contributed by atoms with Gasteiger partial charge >= 0.3 is 0 Å². The minimum absolute atomic E-state index is 0.000700. The summed E-state index contributed by atoms with van der Waals surface area (Å²) in [5, 5.41) is 22.4. The monoisotopic (exact) mass is 484 g/mol. The number of primary amides is 1. The number of benzene rings is 1. The number of aryl methyl sites for hydroxylation is 1. The van der Waals surface area contributed by atoms with E-state index in [1.165, 1.54) is 25.9 Å². The molecule has 1 aromatic carbocycles. The van der Waals surface area contributed by atoms with Crippen LogP contribution < -0.4 is 5.73 Å². The number of fused-ring (bicyclic) bond motifs is 3. The summed E-state index contributed by atoms with van der Waals surface area (Å²) in [7, 11) is 3.07. The number of Topliss-reactive ketones (excluding diaryl/α,β-unsaturated/α-hetero) is 5. The third-order valence-corrected chi connectivity index (χ3v) is 7.80. The first-order valence-electron chi connectivity index (χ1n) is 11.4. The molecule has 3 aliphatic carbocycles. The Kier molecular flexibility index (Phi) is 5.80. The average molecular weight is 485 g/mol. The number of hydrogen-bond acceptors (Lipinski definition) is 9. The van der Waals surface area contributed by atoms with Gasteiger partial charge < -0.3 is 15.9 Å². The lowest BCUT2D eigenvalue weighted by Crippen LogP contribution is -2.74. The maximum Gasteiger partial charge on any atom is 0.235 e. The van der Waals surface area contributed by atoms with Crippen LogP contribution in [0.4, 0.5) is 0 Å². The summed E-state index contributed by atoms with van der Waals surface area (Å²) in [6.45, 7) is 3.09. The smallest absolute Gasteiger partial charge is 0.235 e. The van der Waals surface area contributed by atoms with Crippen LogP contribution >= 0.6 is 0 Å². The molecule has 10 nitrogen and oxygen atoms in total. The molecule has 3 aliphatic rings. The van der Waals surface area contributed by atoms with Crippen molar-refractivity contribution < 1.29 is 39.0 Å². The molecule has 2 saturated carbocycles. The lowest BCUT2D eigenvalue weighted by molar-refractivity contribution is -0.181. The first kappa shape index (κ1) is 24.9. The maximum atomic E-state index is 13.7. The van der Waals surface area contributed by atoms with Gasteiger partial charge in [-0.25, -0.2) is 0 Å². The van der Waals surface area contributed by atoms with Crippen LogP contribution in [-0.2, 0) is 36.8 Å². The van der Waals surface area contributed by atoms with Gasteiger partial charge in [-0.3, -0.25) is 33.7 Å². The minimum atomic E-state index is -2.75. The molecule has 0 aliphatic heterocycles. The van der Waals surface area contributed by atoms with Gasteiger partial charge in [-0.05, 0) is 57.8 Å². The zero-order valence-corrected chi connectivity index (χ0v) is 20.0. The molecule has 6 unspecified atom stereocenters. The fraction of sp³-hybridized carbons (Fsp3) is 0.520. The molecule has 0 spiro atoms. The number of ketones is 5. The van der Waals surface area contributed by atoms with Crippen molar-refractivity contribution in [3.63, 3.8) is 0 Å². The van der Waals surface area contributed by atoms with Crippen molar-refractivity contribution in [2.24, 2.45) is 29.4 Å². The van der Waals surface area contributed by atoms with Gasteiger partial charge in [-0.15, -0.1) is 0 Å². The highest BCUT2D eigenvalue weighted by Gasteiger charge is 2.69. The van der Waals surface area contributed by atoms with Crippen molar-refractivity contribution in [2.75, 3.05) is 14.1 Å². The van der Waals surface area contributed by atoms with Gasteiger partial charge in [0.05, 0.1) is 17.5 Å². The number of phenolic OH excluding ortho intramolecular Hbond substituents is 1. The van der Waals surface area contributed by atoms with Crippen LogP contribution in [0.25, 0.3) is 0 Å². The van der Waals surface area contributed by atoms with Crippen molar-refractivity contribution in [2.45, 2.75) is 44.8 Å². The van der Waals surface area contributed by atoms with E-state index in [1.807, 2.05) is 0 Å². The van der Waals surface area contributed by atoms with E-state index >= 15 is 0 Å². The first-order chi connectivity index (χ1) is 16.2. The van der Waals surface area contributed by atoms with E-state index in [4.69, 9.17) is 5.73 Å². The number of amides is 1. The number of phenols is 1. The van der Waals surface area contributed by atoms with Crippen LogP contribution in [0.5, 0.6) is 5.75 Å².